The molecule has 0 aliphatic heterocycles. The maximum Gasteiger partial charge on any atom is 0.00170 e. The lowest BCUT2D eigenvalue weighted by molar-refractivity contribution is 0.449. The monoisotopic (exact) mass is 210 g/mol. The molecule has 0 amide bonds. The van der Waals surface area contributed by atoms with Crippen LogP contribution >= 0.6 is 11.3 Å². The highest BCUT2D eigenvalue weighted by Crippen LogP contribution is 2.21. The first-order chi connectivity index (χ1) is 6.76. The summed E-state index contributed by atoms with van der Waals surface area (Å²) in [6, 6.07) is 2.35. The summed E-state index contributed by atoms with van der Waals surface area (Å²) < 4.78 is 0. The predicted octanol–water partition coefficient (Wildman–Crippen LogP) is 4.82. The quantitative estimate of drug-likeness (QED) is 0.631. The number of hydrogen-bond acceptors (Lipinski definition) is 1. The molecule has 0 N–H and O–H groups in total. The Morgan fingerprint density at radius 1 is 1.36 bits per heavy atom. The molecule has 80 valence electrons. The van der Waals surface area contributed by atoms with Crippen LogP contribution in [0.3, 0.4) is 0 Å². The Bertz CT molecular complexity index is 249. The summed E-state index contributed by atoms with van der Waals surface area (Å²) >= 11 is 1.88. The SMILES string of the molecule is CCCCC(CC)Cc1csc(C)c1. The lowest BCUT2D eigenvalue weighted by Gasteiger charge is -2.12. The van der Waals surface area contributed by atoms with Crippen molar-refractivity contribution in [1.29, 1.82) is 0 Å². The van der Waals surface area contributed by atoms with Gasteiger partial charge in [0, 0.05) is 4.88 Å². The van der Waals surface area contributed by atoms with E-state index >= 15 is 0 Å². The zero-order valence-electron chi connectivity index (χ0n) is 9.68. The van der Waals surface area contributed by atoms with E-state index in [1.54, 1.807) is 5.56 Å². The van der Waals surface area contributed by atoms with Crippen molar-refractivity contribution >= 4 is 11.3 Å². The Morgan fingerprint density at radius 2 is 2.14 bits per heavy atom. The first-order valence-electron chi connectivity index (χ1n) is 5.80. The van der Waals surface area contributed by atoms with E-state index in [0.29, 0.717) is 0 Å². The second-order valence-corrected chi connectivity index (χ2v) is 5.30. The van der Waals surface area contributed by atoms with Gasteiger partial charge in [-0.1, -0.05) is 39.5 Å². The molecule has 0 nitrogen and oxygen atoms in total. The van der Waals surface area contributed by atoms with Crippen LogP contribution in [0, 0.1) is 12.8 Å². The van der Waals surface area contributed by atoms with E-state index in [-0.39, 0.29) is 0 Å². The van der Waals surface area contributed by atoms with E-state index in [4.69, 9.17) is 0 Å². The van der Waals surface area contributed by atoms with Gasteiger partial charge >= 0.3 is 0 Å². The predicted molar refractivity (Wildman–Crippen MR) is 66.1 cm³/mol. The highest BCUT2D eigenvalue weighted by Gasteiger charge is 2.07. The van der Waals surface area contributed by atoms with Crippen molar-refractivity contribution in [2.24, 2.45) is 5.92 Å². The molecule has 0 saturated heterocycles. The fraction of sp³-hybridized carbons (Fsp3) is 0.692. The molecule has 0 aliphatic rings. The molecule has 0 saturated carbocycles. The van der Waals surface area contributed by atoms with Gasteiger partial charge in [0.1, 0.15) is 0 Å². The average molecular weight is 210 g/mol. The average Bonchev–Trinajstić information content (AvgIpc) is 2.58. The van der Waals surface area contributed by atoms with E-state index in [9.17, 15) is 0 Å². The van der Waals surface area contributed by atoms with Crippen molar-refractivity contribution < 1.29 is 0 Å². The molecule has 0 radical (unpaired) electrons. The smallest absolute Gasteiger partial charge is 0.00170 e. The van der Waals surface area contributed by atoms with Crippen LogP contribution < -0.4 is 0 Å². The van der Waals surface area contributed by atoms with E-state index < -0.39 is 0 Å². The second kappa shape index (κ2) is 6.23. The van der Waals surface area contributed by atoms with E-state index in [1.165, 1.54) is 37.0 Å². The molecule has 1 unspecified atom stereocenters. The minimum atomic E-state index is 0.906. The minimum Gasteiger partial charge on any atom is -0.149 e. The van der Waals surface area contributed by atoms with Crippen LogP contribution in [0.1, 0.15) is 50.0 Å². The van der Waals surface area contributed by atoms with Gasteiger partial charge in [0.2, 0.25) is 0 Å². The van der Waals surface area contributed by atoms with Crippen LogP contribution in [0.2, 0.25) is 0 Å². The summed E-state index contributed by atoms with van der Waals surface area (Å²) in [6.07, 6.45) is 6.75. The molecule has 0 spiro atoms. The molecule has 1 heterocycles. The van der Waals surface area contributed by atoms with Gasteiger partial charge in [0.05, 0.1) is 0 Å². The van der Waals surface area contributed by atoms with Crippen LogP contribution in [-0.4, -0.2) is 0 Å². The van der Waals surface area contributed by atoms with Crippen molar-refractivity contribution in [3.8, 4) is 0 Å². The fourth-order valence-electron chi connectivity index (χ4n) is 1.88. The molecule has 1 atom stereocenters. The van der Waals surface area contributed by atoms with Gasteiger partial charge in [-0.15, -0.1) is 11.3 Å². The van der Waals surface area contributed by atoms with Crippen LogP contribution in [-0.2, 0) is 6.42 Å². The summed E-state index contributed by atoms with van der Waals surface area (Å²) in [4.78, 5) is 1.45. The number of hydrogen-bond donors (Lipinski definition) is 0. The maximum atomic E-state index is 2.35. The largest absolute Gasteiger partial charge is 0.149 e. The fourth-order valence-corrected chi connectivity index (χ4v) is 2.60. The molecule has 1 aromatic heterocycles. The van der Waals surface area contributed by atoms with Gasteiger partial charge < -0.3 is 0 Å². The Labute approximate surface area is 92.4 Å². The molecule has 1 heteroatoms. The number of rotatable bonds is 6. The summed E-state index contributed by atoms with van der Waals surface area (Å²) in [5, 5.41) is 2.32. The third-order valence-corrected chi connectivity index (χ3v) is 3.76. The molecule has 0 fully saturated rings. The Kier molecular flexibility index (Phi) is 5.24. The molecule has 0 aromatic carbocycles. The van der Waals surface area contributed by atoms with Gasteiger partial charge in [-0.25, -0.2) is 0 Å². The van der Waals surface area contributed by atoms with Gasteiger partial charge in [0.25, 0.3) is 0 Å². The second-order valence-electron chi connectivity index (χ2n) is 4.19. The molecule has 14 heavy (non-hydrogen) atoms. The molecule has 0 bridgehead atoms. The van der Waals surface area contributed by atoms with Crippen molar-refractivity contribution in [3.05, 3.63) is 21.9 Å². The minimum absolute atomic E-state index is 0.906. The molecule has 1 rings (SSSR count). The van der Waals surface area contributed by atoms with Crippen molar-refractivity contribution in [1.82, 2.24) is 0 Å². The normalized spacial score (nSPS) is 13.1. The molecular formula is C13H22S. The number of thiophene rings is 1. The topological polar surface area (TPSA) is 0 Å². The highest BCUT2D eigenvalue weighted by molar-refractivity contribution is 7.10. The molecule has 1 aromatic rings. The zero-order chi connectivity index (χ0) is 10.4. The van der Waals surface area contributed by atoms with Gasteiger partial charge in [-0.3, -0.25) is 0 Å². The van der Waals surface area contributed by atoms with Gasteiger partial charge in [-0.05, 0) is 36.3 Å². The van der Waals surface area contributed by atoms with E-state index in [0.717, 1.165) is 5.92 Å². The third-order valence-electron chi connectivity index (χ3n) is 2.85. The zero-order valence-corrected chi connectivity index (χ0v) is 10.5. The Balaban J connectivity index is 2.40. The molecular weight excluding hydrogens is 188 g/mol. The van der Waals surface area contributed by atoms with Crippen LogP contribution in [0.25, 0.3) is 0 Å². The third kappa shape index (κ3) is 3.83. The summed E-state index contributed by atoms with van der Waals surface area (Å²) in [5.74, 6) is 0.906. The van der Waals surface area contributed by atoms with Crippen LogP contribution in [0.15, 0.2) is 11.4 Å². The van der Waals surface area contributed by atoms with Crippen LogP contribution in [0.4, 0.5) is 0 Å². The lowest BCUT2D eigenvalue weighted by atomic mass is 9.93. The van der Waals surface area contributed by atoms with Gasteiger partial charge in [-0.2, -0.15) is 0 Å². The molecule has 0 aliphatic carbocycles. The van der Waals surface area contributed by atoms with Crippen LogP contribution in [0.5, 0.6) is 0 Å². The maximum absolute atomic E-state index is 2.35. The first kappa shape index (κ1) is 11.8. The summed E-state index contributed by atoms with van der Waals surface area (Å²) in [5.41, 5.74) is 1.55. The van der Waals surface area contributed by atoms with Crippen molar-refractivity contribution in [3.63, 3.8) is 0 Å². The van der Waals surface area contributed by atoms with E-state index in [2.05, 4.69) is 32.2 Å². The van der Waals surface area contributed by atoms with E-state index in [1.807, 2.05) is 11.3 Å². The lowest BCUT2D eigenvalue weighted by Crippen LogP contribution is -2.02. The number of unbranched alkanes of at least 4 members (excludes halogenated alkanes) is 1. The van der Waals surface area contributed by atoms with Crippen molar-refractivity contribution in [2.75, 3.05) is 0 Å². The number of aryl methyl sites for hydroxylation is 1. The highest BCUT2D eigenvalue weighted by atomic mass is 32.1. The van der Waals surface area contributed by atoms with Crippen molar-refractivity contribution in [2.45, 2.75) is 52.9 Å². The Morgan fingerprint density at radius 3 is 2.64 bits per heavy atom. The summed E-state index contributed by atoms with van der Waals surface area (Å²) in [7, 11) is 0. The Hall–Kier alpha value is -0.300. The van der Waals surface area contributed by atoms with Gasteiger partial charge in [0.15, 0.2) is 0 Å². The first-order valence-corrected chi connectivity index (χ1v) is 6.68. The summed E-state index contributed by atoms with van der Waals surface area (Å²) in [6.45, 7) is 6.79. The standard InChI is InChI=1S/C13H22S/c1-4-6-7-12(5-2)9-13-8-11(3)14-10-13/h8,10,12H,4-7,9H2,1-3H3.